The van der Waals surface area contributed by atoms with E-state index < -0.39 is 0 Å². The van der Waals surface area contributed by atoms with Crippen molar-refractivity contribution in [2.24, 2.45) is 0 Å². The number of urea groups is 1. The van der Waals surface area contributed by atoms with E-state index in [4.69, 9.17) is 0 Å². The van der Waals surface area contributed by atoms with Crippen LogP contribution < -0.4 is 10.6 Å². The van der Waals surface area contributed by atoms with Crippen LogP contribution in [0.25, 0.3) is 0 Å². The van der Waals surface area contributed by atoms with E-state index in [1.807, 2.05) is 61.7 Å². The molecule has 0 spiro atoms. The molecule has 0 bridgehead atoms. The summed E-state index contributed by atoms with van der Waals surface area (Å²) in [7, 11) is 0. The van der Waals surface area contributed by atoms with E-state index in [-0.39, 0.29) is 29.6 Å². The summed E-state index contributed by atoms with van der Waals surface area (Å²) in [6.45, 7) is 9.15. The van der Waals surface area contributed by atoms with Gasteiger partial charge < -0.3 is 20.1 Å². The van der Waals surface area contributed by atoms with Crippen LogP contribution in [0.15, 0.2) is 24.5 Å². The number of nitrogens with one attached hydrogen (secondary N) is 2. The van der Waals surface area contributed by atoms with Gasteiger partial charge in [0.25, 0.3) is 0 Å². The molecular formula is C17H28N4O2. The van der Waals surface area contributed by atoms with Crippen molar-refractivity contribution in [3.63, 3.8) is 0 Å². The van der Waals surface area contributed by atoms with Gasteiger partial charge in [-0.3, -0.25) is 4.79 Å². The summed E-state index contributed by atoms with van der Waals surface area (Å²) in [4.78, 5) is 26.2. The second kappa shape index (κ2) is 7.06. The smallest absolute Gasteiger partial charge is 0.317 e. The van der Waals surface area contributed by atoms with Crippen LogP contribution in [0.1, 0.15) is 46.6 Å². The third-order valence-electron chi connectivity index (χ3n) is 4.06. The highest BCUT2D eigenvalue weighted by Gasteiger charge is 2.27. The fourth-order valence-corrected chi connectivity index (χ4v) is 2.69. The number of hydrogen-bond donors (Lipinski definition) is 2. The number of carbonyl (C=O) groups is 2. The molecule has 1 aromatic heterocycles. The van der Waals surface area contributed by atoms with E-state index in [9.17, 15) is 9.59 Å². The van der Waals surface area contributed by atoms with Crippen molar-refractivity contribution in [2.75, 3.05) is 13.1 Å². The minimum absolute atomic E-state index is 0.0250. The predicted octanol–water partition coefficient (Wildman–Crippen LogP) is 2.14. The average Bonchev–Trinajstić information content (AvgIpc) is 2.99. The molecule has 1 atom stereocenters. The first-order valence-corrected chi connectivity index (χ1v) is 8.26. The molecule has 0 saturated carbocycles. The molecule has 3 amide bonds. The SMILES string of the molecule is CC(C(=O)NC1CCN(C(=O)NC(C)(C)C)CC1)n1cccc1. The molecule has 1 aromatic rings. The van der Waals surface area contributed by atoms with E-state index in [0.717, 1.165) is 12.8 Å². The van der Waals surface area contributed by atoms with Crippen molar-refractivity contribution in [3.8, 4) is 0 Å². The average molecular weight is 320 g/mol. The Morgan fingerprint density at radius 3 is 2.22 bits per heavy atom. The Bertz CT molecular complexity index is 525. The highest BCUT2D eigenvalue weighted by atomic mass is 16.2. The number of amides is 3. The molecule has 2 N–H and O–H groups in total. The second-order valence-corrected chi connectivity index (χ2v) is 7.26. The van der Waals surface area contributed by atoms with Crippen molar-refractivity contribution >= 4 is 11.9 Å². The first kappa shape index (κ1) is 17.4. The van der Waals surface area contributed by atoms with Crippen molar-refractivity contribution in [1.29, 1.82) is 0 Å². The van der Waals surface area contributed by atoms with Crippen molar-refractivity contribution in [3.05, 3.63) is 24.5 Å². The molecule has 2 heterocycles. The standard InChI is InChI=1S/C17H28N4O2/c1-13(20-9-5-6-10-20)15(22)18-14-7-11-21(12-8-14)16(23)19-17(2,3)4/h5-6,9-10,13-14H,7-8,11-12H2,1-4H3,(H,18,22)(H,19,23). The third-order valence-corrected chi connectivity index (χ3v) is 4.06. The molecule has 1 unspecified atom stereocenters. The van der Waals surface area contributed by atoms with E-state index in [0.29, 0.717) is 13.1 Å². The molecule has 1 fully saturated rings. The maximum absolute atomic E-state index is 12.3. The topological polar surface area (TPSA) is 66.4 Å². The number of hydrogen-bond acceptors (Lipinski definition) is 2. The van der Waals surface area contributed by atoms with Crippen LogP contribution in [0, 0.1) is 0 Å². The Morgan fingerprint density at radius 2 is 1.70 bits per heavy atom. The second-order valence-electron chi connectivity index (χ2n) is 7.26. The summed E-state index contributed by atoms with van der Waals surface area (Å²) in [6, 6.07) is 3.72. The summed E-state index contributed by atoms with van der Waals surface area (Å²) in [5.41, 5.74) is -0.228. The number of nitrogens with zero attached hydrogens (tertiary/aromatic N) is 2. The van der Waals surface area contributed by atoms with Gasteiger partial charge in [-0.2, -0.15) is 0 Å². The molecule has 1 saturated heterocycles. The predicted molar refractivity (Wildman–Crippen MR) is 90.2 cm³/mol. The summed E-state index contributed by atoms with van der Waals surface area (Å²) in [5.74, 6) is 0.0267. The minimum Gasteiger partial charge on any atom is -0.351 e. The number of piperidine rings is 1. The molecule has 1 aliphatic rings. The molecule has 2 rings (SSSR count). The van der Waals surface area contributed by atoms with E-state index in [1.54, 1.807) is 0 Å². The molecule has 23 heavy (non-hydrogen) atoms. The van der Waals surface area contributed by atoms with Crippen LogP contribution in [0.4, 0.5) is 4.79 Å². The Hall–Kier alpha value is -1.98. The quantitative estimate of drug-likeness (QED) is 0.896. The molecule has 0 radical (unpaired) electrons. The molecule has 128 valence electrons. The molecule has 0 aliphatic carbocycles. The van der Waals surface area contributed by atoms with Crippen LogP contribution in [-0.4, -0.2) is 46.1 Å². The summed E-state index contributed by atoms with van der Waals surface area (Å²) in [5, 5.41) is 6.07. The van der Waals surface area contributed by atoms with Crippen LogP contribution >= 0.6 is 0 Å². The Kier molecular flexibility index (Phi) is 5.34. The van der Waals surface area contributed by atoms with Gasteiger partial charge in [0.2, 0.25) is 5.91 Å². The summed E-state index contributed by atoms with van der Waals surface area (Å²) >= 11 is 0. The zero-order valence-electron chi connectivity index (χ0n) is 14.5. The lowest BCUT2D eigenvalue weighted by atomic mass is 10.0. The lowest BCUT2D eigenvalue weighted by Gasteiger charge is -2.35. The normalized spacial score (nSPS) is 17.7. The monoisotopic (exact) mass is 320 g/mol. The van der Waals surface area contributed by atoms with E-state index in [1.165, 1.54) is 0 Å². The van der Waals surface area contributed by atoms with Crippen LogP contribution in [0.5, 0.6) is 0 Å². The van der Waals surface area contributed by atoms with Gasteiger partial charge in [-0.1, -0.05) is 0 Å². The zero-order valence-corrected chi connectivity index (χ0v) is 14.5. The minimum atomic E-state index is -0.228. The van der Waals surface area contributed by atoms with Crippen LogP contribution in [-0.2, 0) is 4.79 Å². The summed E-state index contributed by atoms with van der Waals surface area (Å²) in [6.07, 6.45) is 5.37. The van der Waals surface area contributed by atoms with Gasteiger partial charge in [0, 0.05) is 37.1 Å². The zero-order chi connectivity index (χ0) is 17.0. The van der Waals surface area contributed by atoms with Crippen molar-refractivity contribution < 1.29 is 9.59 Å². The lowest BCUT2D eigenvalue weighted by Crippen LogP contribution is -2.53. The molecule has 6 heteroatoms. The fraction of sp³-hybridized carbons (Fsp3) is 0.647. The largest absolute Gasteiger partial charge is 0.351 e. The van der Waals surface area contributed by atoms with Crippen LogP contribution in [0.2, 0.25) is 0 Å². The first-order chi connectivity index (χ1) is 10.8. The number of carbonyl (C=O) groups excluding carboxylic acids is 2. The maximum atomic E-state index is 12.3. The van der Waals surface area contributed by atoms with Gasteiger partial charge in [0.1, 0.15) is 6.04 Å². The van der Waals surface area contributed by atoms with Gasteiger partial charge in [-0.05, 0) is 52.7 Å². The number of rotatable bonds is 3. The third kappa shape index (κ3) is 5.01. The van der Waals surface area contributed by atoms with Gasteiger partial charge in [-0.15, -0.1) is 0 Å². The summed E-state index contributed by atoms with van der Waals surface area (Å²) < 4.78 is 1.89. The van der Waals surface area contributed by atoms with E-state index in [2.05, 4.69) is 10.6 Å². The van der Waals surface area contributed by atoms with Crippen LogP contribution in [0.3, 0.4) is 0 Å². The van der Waals surface area contributed by atoms with Gasteiger partial charge in [0.05, 0.1) is 0 Å². The van der Waals surface area contributed by atoms with Gasteiger partial charge in [-0.25, -0.2) is 4.79 Å². The molecule has 0 aromatic carbocycles. The van der Waals surface area contributed by atoms with Gasteiger partial charge >= 0.3 is 6.03 Å². The highest BCUT2D eigenvalue weighted by Crippen LogP contribution is 2.14. The Morgan fingerprint density at radius 1 is 1.13 bits per heavy atom. The van der Waals surface area contributed by atoms with Crippen molar-refractivity contribution in [1.82, 2.24) is 20.1 Å². The lowest BCUT2D eigenvalue weighted by molar-refractivity contribution is -0.124. The fourth-order valence-electron chi connectivity index (χ4n) is 2.69. The van der Waals surface area contributed by atoms with Crippen molar-refractivity contribution in [2.45, 2.75) is 58.2 Å². The molecular weight excluding hydrogens is 292 g/mol. The first-order valence-electron chi connectivity index (χ1n) is 8.26. The van der Waals surface area contributed by atoms with E-state index >= 15 is 0 Å². The number of likely N-dealkylation sites (tertiary alicyclic amines) is 1. The maximum Gasteiger partial charge on any atom is 0.317 e. The number of aromatic nitrogens is 1. The highest BCUT2D eigenvalue weighted by molar-refractivity contribution is 5.80. The molecule has 1 aliphatic heterocycles. The Labute approximate surface area is 138 Å². The van der Waals surface area contributed by atoms with Gasteiger partial charge in [0.15, 0.2) is 0 Å². The molecule has 6 nitrogen and oxygen atoms in total. The Balaban J connectivity index is 1.78.